The van der Waals surface area contributed by atoms with E-state index >= 15 is 0 Å². The Morgan fingerprint density at radius 2 is 2.22 bits per heavy atom. The maximum atomic E-state index is 11.8. The fraction of sp³-hybridized carbons (Fsp3) is 0.462. The van der Waals surface area contributed by atoms with E-state index in [2.05, 4.69) is 5.32 Å². The Hall–Kier alpha value is -1.20. The zero-order valence-electron chi connectivity index (χ0n) is 10.6. The van der Waals surface area contributed by atoms with Crippen molar-refractivity contribution in [3.8, 4) is 0 Å². The zero-order valence-corrected chi connectivity index (χ0v) is 11.4. The minimum absolute atomic E-state index is 0.0931. The number of nitrogens with two attached hydrogens (primary N) is 1. The summed E-state index contributed by atoms with van der Waals surface area (Å²) < 4.78 is 0. The van der Waals surface area contributed by atoms with Gasteiger partial charge in [-0.25, -0.2) is 0 Å². The molecule has 0 aliphatic rings. The number of aliphatic hydroxyl groups is 1. The molecule has 0 saturated heterocycles. The van der Waals surface area contributed by atoms with E-state index in [1.165, 1.54) is 0 Å². The summed E-state index contributed by atoms with van der Waals surface area (Å²) in [7, 11) is 0. The number of carbonyl (C=O) groups excluding carboxylic acids is 1. The lowest BCUT2D eigenvalue weighted by atomic mass is 10.1. The molecule has 0 aliphatic heterocycles. The molecule has 1 amide bonds. The van der Waals surface area contributed by atoms with Gasteiger partial charge >= 0.3 is 0 Å². The van der Waals surface area contributed by atoms with Crippen LogP contribution in [-0.4, -0.2) is 35.7 Å². The van der Waals surface area contributed by atoms with Crippen LogP contribution in [0, 0.1) is 6.92 Å². The van der Waals surface area contributed by atoms with E-state index in [9.17, 15) is 4.79 Å². The number of anilines is 1. The number of amides is 1. The van der Waals surface area contributed by atoms with Gasteiger partial charge in [0.2, 0.25) is 0 Å². The van der Waals surface area contributed by atoms with Gasteiger partial charge in [0.15, 0.2) is 0 Å². The molecule has 0 bridgehead atoms. The van der Waals surface area contributed by atoms with Crippen LogP contribution in [0.3, 0.4) is 0 Å². The van der Waals surface area contributed by atoms with E-state index in [4.69, 9.17) is 10.8 Å². The minimum Gasteiger partial charge on any atom is -0.398 e. The summed E-state index contributed by atoms with van der Waals surface area (Å²) in [6, 6.07) is 5.32. The lowest BCUT2D eigenvalue weighted by molar-refractivity contribution is 0.0956. The number of hydrogen-bond donors (Lipinski definition) is 3. The third kappa shape index (κ3) is 4.98. The monoisotopic (exact) mass is 268 g/mol. The summed E-state index contributed by atoms with van der Waals surface area (Å²) in [5, 5.41) is 11.5. The fourth-order valence-electron chi connectivity index (χ4n) is 1.39. The number of rotatable bonds is 7. The number of nitrogen functional groups attached to an aromatic ring is 1. The Morgan fingerprint density at radius 3 is 2.89 bits per heavy atom. The van der Waals surface area contributed by atoms with Crippen molar-refractivity contribution in [1.82, 2.24) is 5.32 Å². The molecule has 4 nitrogen and oxygen atoms in total. The number of thioether (sulfide) groups is 1. The molecule has 0 radical (unpaired) electrons. The third-order valence-corrected chi connectivity index (χ3v) is 3.59. The SMILES string of the molecule is Cc1ccc(C(=O)NCCSCCCO)cc1N. The van der Waals surface area contributed by atoms with Crippen LogP contribution in [-0.2, 0) is 0 Å². The number of benzene rings is 1. The Balaban J connectivity index is 2.30. The largest absolute Gasteiger partial charge is 0.398 e. The maximum absolute atomic E-state index is 11.8. The van der Waals surface area contributed by atoms with E-state index in [1.54, 1.807) is 23.9 Å². The fourth-order valence-corrected chi connectivity index (χ4v) is 2.17. The predicted octanol–water partition coefficient (Wildman–Crippen LogP) is 1.42. The number of nitrogens with one attached hydrogen (secondary N) is 1. The number of aliphatic hydroxyl groups excluding tert-OH is 1. The summed E-state index contributed by atoms with van der Waals surface area (Å²) >= 11 is 1.72. The van der Waals surface area contributed by atoms with E-state index < -0.39 is 0 Å². The molecule has 5 heteroatoms. The van der Waals surface area contributed by atoms with Crippen LogP contribution in [0.1, 0.15) is 22.3 Å². The van der Waals surface area contributed by atoms with Crippen LogP contribution in [0.4, 0.5) is 5.69 Å². The van der Waals surface area contributed by atoms with Crippen molar-refractivity contribution in [3.63, 3.8) is 0 Å². The third-order valence-electron chi connectivity index (χ3n) is 2.52. The van der Waals surface area contributed by atoms with Gasteiger partial charge in [-0.1, -0.05) is 6.07 Å². The first-order valence-electron chi connectivity index (χ1n) is 5.98. The highest BCUT2D eigenvalue weighted by atomic mass is 32.2. The van der Waals surface area contributed by atoms with E-state index in [0.29, 0.717) is 17.8 Å². The average molecular weight is 268 g/mol. The number of hydrogen-bond acceptors (Lipinski definition) is 4. The topological polar surface area (TPSA) is 75.3 Å². The molecule has 4 N–H and O–H groups in total. The van der Waals surface area contributed by atoms with Gasteiger partial charge in [0.25, 0.3) is 5.91 Å². The standard InChI is InChI=1S/C13H20N2O2S/c1-10-3-4-11(9-12(10)14)13(17)15-5-8-18-7-2-6-16/h3-4,9,16H,2,5-8,14H2,1H3,(H,15,17). The van der Waals surface area contributed by atoms with Crippen molar-refractivity contribution in [3.05, 3.63) is 29.3 Å². The van der Waals surface area contributed by atoms with Crippen molar-refractivity contribution in [1.29, 1.82) is 0 Å². The van der Waals surface area contributed by atoms with Gasteiger partial charge in [-0.05, 0) is 36.8 Å². The molecule has 0 unspecified atom stereocenters. The Kier molecular flexibility index (Phi) is 6.60. The lowest BCUT2D eigenvalue weighted by Gasteiger charge is -2.07. The van der Waals surface area contributed by atoms with Gasteiger partial charge in [-0.15, -0.1) is 0 Å². The van der Waals surface area contributed by atoms with Gasteiger partial charge in [-0.3, -0.25) is 4.79 Å². The first kappa shape index (κ1) is 14.9. The smallest absolute Gasteiger partial charge is 0.251 e. The Bertz CT molecular complexity index is 397. The molecule has 0 aliphatic carbocycles. The molecule has 1 rings (SSSR count). The highest BCUT2D eigenvalue weighted by molar-refractivity contribution is 7.99. The van der Waals surface area contributed by atoms with E-state index in [0.717, 1.165) is 23.5 Å². The number of aryl methyl sites for hydroxylation is 1. The molecule has 0 atom stereocenters. The first-order valence-corrected chi connectivity index (χ1v) is 7.13. The Labute approximate surface area is 112 Å². The Morgan fingerprint density at radius 1 is 1.44 bits per heavy atom. The highest BCUT2D eigenvalue weighted by Gasteiger charge is 2.05. The normalized spacial score (nSPS) is 10.3. The van der Waals surface area contributed by atoms with Gasteiger partial charge in [0, 0.05) is 30.2 Å². The molecule has 18 heavy (non-hydrogen) atoms. The summed E-state index contributed by atoms with van der Waals surface area (Å²) in [5.41, 5.74) is 7.97. The second-order valence-electron chi connectivity index (χ2n) is 4.02. The van der Waals surface area contributed by atoms with Crippen LogP contribution < -0.4 is 11.1 Å². The molecular formula is C13H20N2O2S. The van der Waals surface area contributed by atoms with Gasteiger partial charge < -0.3 is 16.2 Å². The van der Waals surface area contributed by atoms with Crippen LogP contribution in [0.5, 0.6) is 0 Å². The van der Waals surface area contributed by atoms with Crippen molar-refractivity contribution >= 4 is 23.4 Å². The van der Waals surface area contributed by atoms with Crippen molar-refractivity contribution < 1.29 is 9.90 Å². The quantitative estimate of drug-likeness (QED) is 0.516. The minimum atomic E-state index is -0.0931. The average Bonchev–Trinajstić information content (AvgIpc) is 2.36. The molecular weight excluding hydrogens is 248 g/mol. The molecule has 1 aromatic carbocycles. The summed E-state index contributed by atoms with van der Waals surface area (Å²) in [6.07, 6.45) is 0.799. The second kappa shape index (κ2) is 8.00. The van der Waals surface area contributed by atoms with E-state index in [-0.39, 0.29) is 12.5 Å². The van der Waals surface area contributed by atoms with Crippen LogP contribution in [0.2, 0.25) is 0 Å². The lowest BCUT2D eigenvalue weighted by Crippen LogP contribution is -2.25. The molecule has 100 valence electrons. The zero-order chi connectivity index (χ0) is 13.4. The molecule has 0 fully saturated rings. The van der Waals surface area contributed by atoms with Crippen molar-refractivity contribution in [2.24, 2.45) is 0 Å². The van der Waals surface area contributed by atoms with Gasteiger partial charge in [-0.2, -0.15) is 11.8 Å². The molecule has 0 saturated carbocycles. The summed E-state index contributed by atoms with van der Waals surface area (Å²) in [4.78, 5) is 11.8. The highest BCUT2D eigenvalue weighted by Crippen LogP contribution is 2.12. The first-order chi connectivity index (χ1) is 8.65. The summed E-state index contributed by atoms with van der Waals surface area (Å²) in [5.74, 6) is 1.68. The van der Waals surface area contributed by atoms with Gasteiger partial charge in [0.05, 0.1) is 0 Å². The van der Waals surface area contributed by atoms with Crippen molar-refractivity contribution in [2.45, 2.75) is 13.3 Å². The molecule has 0 spiro atoms. The van der Waals surface area contributed by atoms with Gasteiger partial charge in [0.1, 0.15) is 0 Å². The van der Waals surface area contributed by atoms with Crippen LogP contribution >= 0.6 is 11.8 Å². The summed E-state index contributed by atoms with van der Waals surface area (Å²) in [6.45, 7) is 2.76. The molecule has 0 aromatic heterocycles. The predicted molar refractivity (Wildman–Crippen MR) is 77.0 cm³/mol. The molecule has 0 heterocycles. The van der Waals surface area contributed by atoms with Crippen LogP contribution in [0.25, 0.3) is 0 Å². The maximum Gasteiger partial charge on any atom is 0.251 e. The van der Waals surface area contributed by atoms with Crippen LogP contribution in [0.15, 0.2) is 18.2 Å². The van der Waals surface area contributed by atoms with Crippen molar-refractivity contribution in [2.75, 3.05) is 30.4 Å². The second-order valence-corrected chi connectivity index (χ2v) is 5.24. The van der Waals surface area contributed by atoms with E-state index in [1.807, 2.05) is 13.0 Å². The molecule has 1 aromatic rings. The number of carbonyl (C=O) groups is 1.